The minimum atomic E-state index is -0.878. The summed E-state index contributed by atoms with van der Waals surface area (Å²) in [6.07, 6.45) is 7.32. The van der Waals surface area contributed by atoms with Gasteiger partial charge in [0.05, 0.1) is 17.3 Å². The lowest BCUT2D eigenvalue weighted by molar-refractivity contribution is -0.129. The number of carbonyl (C=O) groups excluding carboxylic acids is 2. The predicted octanol–water partition coefficient (Wildman–Crippen LogP) is 2.72. The molecule has 8 nitrogen and oxygen atoms in total. The van der Waals surface area contributed by atoms with Crippen LogP contribution in [0, 0.1) is 11.8 Å². The van der Waals surface area contributed by atoms with Crippen molar-refractivity contribution in [1.82, 2.24) is 25.2 Å². The van der Waals surface area contributed by atoms with Crippen molar-refractivity contribution >= 4 is 23.2 Å². The molecule has 1 aliphatic carbocycles. The van der Waals surface area contributed by atoms with E-state index in [9.17, 15) is 9.59 Å². The summed E-state index contributed by atoms with van der Waals surface area (Å²) in [4.78, 5) is 27.8. The number of nitrogens with two attached hydrogens (primary N) is 1. The number of nitrogens with one attached hydrogen (secondary N) is 1. The number of piperidine rings is 1. The van der Waals surface area contributed by atoms with Crippen molar-refractivity contribution in [2.75, 3.05) is 20.1 Å². The molecule has 0 unspecified atom stereocenters. The number of carbonyl (C=O) groups is 2. The van der Waals surface area contributed by atoms with E-state index in [0.29, 0.717) is 30.0 Å². The van der Waals surface area contributed by atoms with Gasteiger partial charge in [-0.25, -0.2) is 4.68 Å². The first kappa shape index (κ1) is 22.9. The van der Waals surface area contributed by atoms with E-state index in [4.69, 9.17) is 5.73 Å². The number of rotatable bonds is 6. The second-order valence-corrected chi connectivity index (χ2v) is 10.7. The van der Waals surface area contributed by atoms with E-state index < -0.39 is 11.1 Å². The van der Waals surface area contributed by atoms with Gasteiger partial charge in [0.2, 0.25) is 5.91 Å². The largest absolute Gasteiger partial charge is 0.368 e. The Morgan fingerprint density at radius 3 is 2.53 bits per heavy atom. The Kier molecular flexibility index (Phi) is 6.40. The van der Waals surface area contributed by atoms with Crippen LogP contribution < -0.4 is 11.1 Å². The smallest absolute Gasteiger partial charge is 0.252 e. The Morgan fingerprint density at radius 2 is 1.94 bits per heavy atom. The summed E-state index contributed by atoms with van der Waals surface area (Å²) in [7, 11) is 2.04. The molecular formula is C23H34N6O2S. The van der Waals surface area contributed by atoms with Crippen LogP contribution >= 0.6 is 11.3 Å². The van der Waals surface area contributed by atoms with E-state index in [1.165, 1.54) is 11.3 Å². The fourth-order valence-corrected chi connectivity index (χ4v) is 5.84. The highest BCUT2D eigenvalue weighted by atomic mass is 32.1. The van der Waals surface area contributed by atoms with Crippen LogP contribution in [0.25, 0.3) is 0 Å². The van der Waals surface area contributed by atoms with Crippen LogP contribution in [0.15, 0.2) is 23.0 Å². The number of aromatic nitrogens is 3. The van der Waals surface area contributed by atoms with Crippen LogP contribution in [0.3, 0.4) is 0 Å². The summed E-state index contributed by atoms with van der Waals surface area (Å²) in [6.45, 7) is 5.87. The maximum atomic E-state index is 13.1. The molecule has 2 aromatic rings. The number of thiophene rings is 1. The molecule has 3 heterocycles. The number of hydrogen-bond acceptors (Lipinski definition) is 6. The quantitative estimate of drug-likeness (QED) is 0.692. The molecule has 0 spiro atoms. The lowest BCUT2D eigenvalue weighted by Crippen LogP contribution is -2.53. The summed E-state index contributed by atoms with van der Waals surface area (Å²) >= 11 is 1.50. The molecule has 2 aromatic heterocycles. The summed E-state index contributed by atoms with van der Waals surface area (Å²) in [5, 5.41) is 16.0. The fourth-order valence-electron chi connectivity index (χ4n) is 5.20. The Labute approximate surface area is 193 Å². The molecule has 2 amide bonds. The maximum Gasteiger partial charge on any atom is 0.252 e. The zero-order valence-electron chi connectivity index (χ0n) is 19.2. The molecule has 3 N–H and O–H groups in total. The van der Waals surface area contributed by atoms with Crippen LogP contribution in [0.1, 0.15) is 68.4 Å². The van der Waals surface area contributed by atoms with Gasteiger partial charge < -0.3 is 16.0 Å². The lowest BCUT2D eigenvalue weighted by atomic mass is 9.71. The van der Waals surface area contributed by atoms with Gasteiger partial charge >= 0.3 is 0 Å². The number of hydrogen-bond donors (Lipinski definition) is 2. The summed E-state index contributed by atoms with van der Waals surface area (Å²) < 4.78 is 1.66. The summed E-state index contributed by atoms with van der Waals surface area (Å²) in [5.74, 6) is 0.452. The van der Waals surface area contributed by atoms with Gasteiger partial charge in [0.25, 0.3) is 5.91 Å². The second kappa shape index (κ2) is 8.94. The average Bonchev–Trinajstić information content (AvgIpc) is 3.47. The van der Waals surface area contributed by atoms with E-state index in [-0.39, 0.29) is 17.7 Å². The first-order valence-electron chi connectivity index (χ1n) is 11.5. The lowest BCUT2D eigenvalue weighted by Gasteiger charge is -2.41. The molecule has 1 saturated heterocycles. The minimum absolute atomic E-state index is 0.106. The normalized spacial score (nSPS) is 25.7. The molecule has 4 rings (SSSR count). The van der Waals surface area contributed by atoms with Gasteiger partial charge in [-0.3, -0.25) is 9.59 Å². The molecule has 2 fully saturated rings. The van der Waals surface area contributed by atoms with E-state index in [0.717, 1.165) is 38.8 Å². The van der Waals surface area contributed by atoms with Crippen LogP contribution in [0.5, 0.6) is 0 Å². The van der Waals surface area contributed by atoms with Gasteiger partial charge in [-0.05, 0) is 62.9 Å². The Balaban J connectivity index is 1.68. The number of primary amides is 1. The standard InChI is InChI=1S/C23H34N6O2S/c1-16-4-6-18(7-5-16)22(2,25-20(30)17-8-13-32-15-17)19-14-29(27-26-19)23(21(24)31)9-11-28(3)12-10-23/h8,13-16,18H,4-7,9-12H2,1-3H3,(H2,24,31)(H,25,30)/t16?,18?,22-/m0/s1. The Bertz CT molecular complexity index is 942. The average molecular weight is 459 g/mol. The number of amides is 2. The SMILES string of the molecule is CC1CCC([C@](C)(NC(=O)c2ccsc2)c2cn(C3(C(N)=O)CCN(C)CC3)nn2)CC1. The van der Waals surface area contributed by atoms with Crippen LogP contribution in [0.4, 0.5) is 0 Å². The van der Waals surface area contributed by atoms with Crippen molar-refractivity contribution in [3.63, 3.8) is 0 Å². The highest BCUT2D eigenvalue weighted by Gasteiger charge is 2.45. The topological polar surface area (TPSA) is 106 Å². The Hall–Kier alpha value is -2.26. The highest BCUT2D eigenvalue weighted by molar-refractivity contribution is 7.08. The van der Waals surface area contributed by atoms with Crippen LogP contribution in [-0.4, -0.2) is 51.8 Å². The third kappa shape index (κ3) is 4.20. The molecule has 174 valence electrons. The third-order valence-electron chi connectivity index (χ3n) is 7.73. The number of nitrogens with zero attached hydrogens (tertiary/aromatic N) is 4. The summed E-state index contributed by atoms with van der Waals surface area (Å²) in [5.41, 5.74) is 5.68. The molecule has 0 radical (unpaired) electrons. The molecule has 0 aromatic carbocycles. The van der Waals surface area contributed by atoms with Crippen LogP contribution in [-0.2, 0) is 15.9 Å². The van der Waals surface area contributed by atoms with Crippen molar-refractivity contribution in [1.29, 1.82) is 0 Å². The second-order valence-electron chi connectivity index (χ2n) is 9.87. The summed E-state index contributed by atoms with van der Waals surface area (Å²) in [6, 6.07) is 1.83. The predicted molar refractivity (Wildman–Crippen MR) is 124 cm³/mol. The number of likely N-dealkylation sites (tertiary alicyclic amines) is 1. The van der Waals surface area contributed by atoms with Gasteiger partial charge in [0.15, 0.2) is 0 Å². The molecule has 9 heteroatoms. The molecule has 1 aliphatic heterocycles. The molecule has 1 saturated carbocycles. The van der Waals surface area contributed by atoms with E-state index in [1.54, 1.807) is 4.68 Å². The van der Waals surface area contributed by atoms with E-state index in [2.05, 4.69) is 34.4 Å². The van der Waals surface area contributed by atoms with Gasteiger partial charge in [-0.15, -0.1) is 5.10 Å². The minimum Gasteiger partial charge on any atom is -0.368 e. The zero-order chi connectivity index (χ0) is 22.9. The fraction of sp³-hybridized carbons (Fsp3) is 0.652. The zero-order valence-corrected chi connectivity index (χ0v) is 20.0. The van der Waals surface area contributed by atoms with Crippen LogP contribution in [0.2, 0.25) is 0 Å². The molecule has 1 atom stereocenters. The van der Waals surface area contributed by atoms with Gasteiger partial charge in [0.1, 0.15) is 11.2 Å². The van der Waals surface area contributed by atoms with Gasteiger partial charge in [-0.2, -0.15) is 11.3 Å². The highest BCUT2D eigenvalue weighted by Crippen LogP contribution is 2.41. The van der Waals surface area contributed by atoms with Crippen molar-refractivity contribution in [2.45, 2.75) is 63.5 Å². The molecule has 32 heavy (non-hydrogen) atoms. The molecular weight excluding hydrogens is 424 g/mol. The Morgan fingerprint density at radius 1 is 1.25 bits per heavy atom. The monoisotopic (exact) mass is 458 g/mol. The maximum absolute atomic E-state index is 13.1. The van der Waals surface area contributed by atoms with Gasteiger partial charge in [0, 0.05) is 18.5 Å². The van der Waals surface area contributed by atoms with Crippen molar-refractivity contribution in [3.8, 4) is 0 Å². The third-order valence-corrected chi connectivity index (χ3v) is 8.41. The molecule has 2 aliphatic rings. The molecule has 0 bridgehead atoms. The first-order valence-corrected chi connectivity index (χ1v) is 12.5. The van der Waals surface area contributed by atoms with Crippen molar-refractivity contribution in [2.24, 2.45) is 17.6 Å². The van der Waals surface area contributed by atoms with Gasteiger partial charge in [-0.1, -0.05) is 25.0 Å². The van der Waals surface area contributed by atoms with E-state index >= 15 is 0 Å². The van der Waals surface area contributed by atoms with E-state index in [1.807, 2.05) is 30.1 Å². The van der Waals surface area contributed by atoms with Crippen molar-refractivity contribution in [3.05, 3.63) is 34.3 Å². The first-order chi connectivity index (χ1) is 15.2. The van der Waals surface area contributed by atoms with Crippen molar-refractivity contribution < 1.29 is 9.59 Å².